The summed E-state index contributed by atoms with van der Waals surface area (Å²) in [5.41, 5.74) is -2.31. The molecule has 0 aliphatic heterocycles. The van der Waals surface area contributed by atoms with Crippen molar-refractivity contribution >= 4 is 17.9 Å². The Morgan fingerprint density at radius 2 is 1.88 bits per heavy atom. The summed E-state index contributed by atoms with van der Waals surface area (Å²) >= 11 is 0. The lowest BCUT2D eigenvalue weighted by molar-refractivity contribution is -0.391. The molecule has 0 saturated carbocycles. The molecule has 0 bridgehead atoms. The number of carbonyl (C=O) groups excluding carboxylic acids is 1. The second-order valence-electron chi connectivity index (χ2n) is 2.92. The van der Waals surface area contributed by atoms with E-state index in [2.05, 4.69) is 0 Å². The van der Waals surface area contributed by atoms with Crippen LogP contribution in [-0.2, 0) is 18.9 Å². The monoisotopic (exact) mass is 228 g/mol. The van der Waals surface area contributed by atoms with E-state index in [-0.39, 0.29) is 6.41 Å². The summed E-state index contributed by atoms with van der Waals surface area (Å²) in [5, 5.41) is 12.6. The second kappa shape index (κ2) is 3.96. The maximum atomic E-state index is 11.5. The molecule has 0 radical (unpaired) electrons. The highest BCUT2D eigenvalue weighted by Crippen LogP contribution is 2.15. The van der Waals surface area contributed by atoms with E-state index in [0.717, 1.165) is 14.1 Å². The van der Waals surface area contributed by atoms with Gasteiger partial charge in [-0.25, -0.2) is 9.36 Å². The van der Waals surface area contributed by atoms with Crippen LogP contribution in [0.1, 0.15) is 0 Å². The van der Waals surface area contributed by atoms with Gasteiger partial charge in [0.05, 0.1) is 7.05 Å². The summed E-state index contributed by atoms with van der Waals surface area (Å²) in [6, 6.07) is 0. The van der Waals surface area contributed by atoms with Gasteiger partial charge in [0.15, 0.2) is 0 Å². The van der Waals surface area contributed by atoms with Gasteiger partial charge in [0.1, 0.15) is 0 Å². The molecule has 1 rings (SSSR count). The van der Waals surface area contributed by atoms with Gasteiger partial charge in [0, 0.05) is 7.05 Å². The van der Waals surface area contributed by atoms with Crippen molar-refractivity contribution in [3.63, 3.8) is 0 Å². The Hall–Kier alpha value is -2.45. The molecular weight excluding hydrogens is 220 g/mol. The summed E-state index contributed by atoms with van der Waals surface area (Å²) in [5.74, 6) is -0.750. The minimum Gasteiger partial charge on any atom is -0.358 e. The Bertz CT molecular complexity index is 569. The number of nitrogens with one attached hydrogen (secondary N) is 1. The summed E-state index contributed by atoms with van der Waals surface area (Å²) in [6.07, 6.45) is 0.133. The van der Waals surface area contributed by atoms with Crippen LogP contribution in [0.2, 0.25) is 0 Å². The lowest BCUT2D eigenvalue weighted by atomic mass is 10.4. The maximum Gasteiger partial charge on any atom is 0.418 e. The fourth-order valence-electron chi connectivity index (χ4n) is 1.23. The molecule has 0 aliphatic carbocycles. The molecule has 16 heavy (non-hydrogen) atoms. The second-order valence-corrected chi connectivity index (χ2v) is 2.92. The zero-order valence-electron chi connectivity index (χ0n) is 8.46. The van der Waals surface area contributed by atoms with Crippen molar-refractivity contribution in [1.82, 2.24) is 9.13 Å². The highest BCUT2D eigenvalue weighted by Gasteiger charge is 2.24. The minimum atomic E-state index is -0.929. The number of nitro groups is 1. The molecule has 86 valence electrons. The average molecular weight is 228 g/mol. The van der Waals surface area contributed by atoms with E-state index in [9.17, 15) is 24.5 Å². The van der Waals surface area contributed by atoms with Crippen molar-refractivity contribution in [3.05, 3.63) is 31.0 Å². The molecule has 0 atom stereocenters. The quantitative estimate of drug-likeness (QED) is 0.386. The predicted molar refractivity (Wildman–Crippen MR) is 53.3 cm³/mol. The number of hydrogen-bond donors (Lipinski definition) is 1. The van der Waals surface area contributed by atoms with Crippen LogP contribution in [0.25, 0.3) is 0 Å². The number of hydrogen-bond acceptors (Lipinski definition) is 5. The number of aromatic nitrogens is 2. The SMILES string of the molecule is Cn1c([N+](=O)[O-])c(NC=O)c(=O)n(C)c1=O. The average Bonchev–Trinajstić information content (AvgIpc) is 2.23. The molecule has 1 amide bonds. The standard InChI is InChI=1S/C7H8N4O5/c1-9-5(11(15)16)4(8-3-12)6(13)10(2)7(9)14/h3H,1-2H3,(H,8,12). The van der Waals surface area contributed by atoms with E-state index in [1.807, 2.05) is 5.32 Å². The summed E-state index contributed by atoms with van der Waals surface area (Å²) < 4.78 is 1.34. The van der Waals surface area contributed by atoms with Crippen molar-refractivity contribution in [1.29, 1.82) is 0 Å². The van der Waals surface area contributed by atoms with Gasteiger partial charge in [-0.3, -0.25) is 9.59 Å². The smallest absolute Gasteiger partial charge is 0.358 e. The highest BCUT2D eigenvalue weighted by atomic mass is 16.6. The lowest BCUT2D eigenvalue weighted by Crippen LogP contribution is -2.39. The van der Waals surface area contributed by atoms with Gasteiger partial charge in [-0.05, 0) is 4.92 Å². The van der Waals surface area contributed by atoms with Gasteiger partial charge in [-0.2, -0.15) is 4.57 Å². The molecule has 9 nitrogen and oxygen atoms in total. The fourth-order valence-corrected chi connectivity index (χ4v) is 1.23. The van der Waals surface area contributed by atoms with Gasteiger partial charge >= 0.3 is 11.5 Å². The van der Waals surface area contributed by atoms with Gasteiger partial charge in [0.2, 0.25) is 12.1 Å². The molecule has 0 spiro atoms. The number of anilines is 1. The Kier molecular flexibility index (Phi) is 2.88. The topological polar surface area (TPSA) is 116 Å². The number of nitrogens with zero attached hydrogens (tertiary/aromatic N) is 3. The summed E-state index contributed by atoms with van der Waals surface area (Å²) in [7, 11) is 2.29. The third-order valence-corrected chi connectivity index (χ3v) is 2.01. The first-order valence-corrected chi connectivity index (χ1v) is 4.06. The van der Waals surface area contributed by atoms with E-state index in [4.69, 9.17) is 0 Å². The van der Waals surface area contributed by atoms with E-state index < -0.39 is 27.7 Å². The first kappa shape index (κ1) is 11.6. The van der Waals surface area contributed by atoms with Crippen LogP contribution in [0.15, 0.2) is 9.59 Å². The Balaban J connectivity index is 3.83. The largest absolute Gasteiger partial charge is 0.418 e. The number of carbonyl (C=O) groups is 1. The van der Waals surface area contributed by atoms with Gasteiger partial charge in [0.25, 0.3) is 5.56 Å². The molecule has 1 heterocycles. The number of rotatable bonds is 3. The van der Waals surface area contributed by atoms with Crippen LogP contribution in [0.3, 0.4) is 0 Å². The van der Waals surface area contributed by atoms with Crippen molar-refractivity contribution < 1.29 is 9.72 Å². The van der Waals surface area contributed by atoms with E-state index in [1.54, 1.807) is 0 Å². The van der Waals surface area contributed by atoms with E-state index in [1.165, 1.54) is 0 Å². The molecule has 0 fully saturated rings. The van der Waals surface area contributed by atoms with Crippen molar-refractivity contribution in [2.24, 2.45) is 14.1 Å². The van der Waals surface area contributed by atoms with Gasteiger partial charge < -0.3 is 15.4 Å². The van der Waals surface area contributed by atoms with Gasteiger partial charge in [-0.15, -0.1) is 0 Å². The predicted octanol–water partition coefficient (Wildman–Crippen LogP) is -1.44. The van der Waals surface area contributed by atoms with Crippen molar-refractivity contribution in [2.45, 2.75) is 0 Å². The molecule has 1 aromatic rings. The normalized spacial score (nSPS) is 9.88. The Labute approximate surface area is 88.1 Å². The van der Waals surface area contributed by atoms with E-state index >= 15 is 0 Å². The third-order valence-electron chi connectivity index (χ3n) is 2.01. The minimum absolute atomic E-state index is 0.133. The molecule has 0 aliphatic rings. The first-order chi connectivity index (χ1) is 7.41. The Morgan fingerprint density at radius 1 is 1.31 bits per heavy atom. The zero-order valence-corrected chi connectivity index (χ0v) is 8.46. The van der Waals surface area contributed by atoms with Crippen LogP contribution >= 0.6 is 0 Å². The van der Waals surface area contributed by atoms with Crippen LogP contribution in [-0.4, -0.2) is 20.5 Å². The molecule has 0 saturated heterocycles. The van der Waals surface area contributed by atoms with Gasteiger partial charge in [-0.1, -0.05) is 0 Å². The van der Waals surface area contributed by atoms with Crippen LogP contribution < -0.4 is 16.6 Å². The van der Waals surface area contributed by atoms with Crippen LogP contribution in [0.4, 0.5) is 11.5 Å². The van der Waals surface area contributed by atoms with Crippen LogP contribution in [0.5, 0.6) is 0 Å². The van der Waals surface area contributed by atoms with Crippen molar-refractivity contribution in [3.8, 4) is 0 Å². The molecule has 9 heteroatoms. The summed E-state index contributed by atoms with van der Waals surface area (Å²) in [6.45, 7) is 0. The molecule has 0 aromatic carbocycles. The third kappa shape index (κ3) is 1.58. The molecule has 1 aromatic heterocycles. The molecule has 1 N–H and O–H groups in total. The summed E-state index contributed by atoms with van der Waals surface area (Å²) in [4.78, 5) is 42.9. The zero-order chi connectivity index (χ0) is 12.5. The highest BCUT2D eigenvalue weighted by molar-refractivity contribution is 5.75. The fraction of sp³-hybridized carbons (Fsp3) is 0.286. The Morgan fingerprint density at radius 3 is 2.31 bits per heavy atom. The first-order valence-electron chi connectivity index (χ1n) is 4.06. The molecule has 0 unspecified atom stereocenters. The van der Waals surface area contributed by atoms with E-state index in [0.29, 0.717) is 9.13 Å². The van der Waals surface area contributed by atoms with Crippen molar-refractivity contribution in [2.75, 3.05) is 5.32 Å². The lowest BCUT2D eigenvalue weighted by Gasteiger charge is -2.06. The number of amides is 1. The maximum absolute atomic E-state index is 11.5. The van der Waals surface area contributed by atoms with Crippen LogP contribution in [0, 0.1) is 10.1 Å². The molecular formula is C7H8N4O5.